The fourth-order valence-corrected chi connectivity index (χ4v) is 2.96. The lowest BCUT2D eigenvalue weighted by atomic mass is 9.87. The zero-order chi connectivity index (χ0) is 23.1. The van der Waals surface area contributed by atoms with E-state index in [1.165, 1.54) is 12.3 Å². The Hall–Kier alpha value is -3.93. The maximum atomic E-state index is 12.4. The van der Waals surface area contributed by atoms with Crippen molar-refractivity contribution in [2.24, 2.45) is 0 Å². The number of carbonyl (C=O) groups excluding carboxylic acids is 2. The SMILES string of the molecule is CNC(=O)c1cc(Oc2cccc(/C=C/C(=O)Nc3cccc(C(C)(C)C)c3)c2)ccn1. The minimum atomic E-state index is -0.286. The zero-order valence-electron chi connectivity index (χ0n) is 18.7. The van der Waals surface area contributed by atoms with Gasteiger partial charge in [0.1, 0.15) is 17.2 Å². The van der Waals surface area contributed by atoms with Crippen LogP contribution in [-0.2, 0) is 10.2 Å². The number of amides is 2. The Labute approximate surface area is 188 Å². The molecule has 6 nitrogen and oxygen atoms in total. The molecule has 164 valence electrons. The lowest BCUT2D eigenvalue weighted by Crippen LogP contribution is -2.18. The summed E-state index contributed by atoms with van der Waals surface area (Å²) < 4.78 is 5.85. The molecule has 32 heavy (non-hydrogen) atoms. The van der Waals surface area contributed by atoms with Crippen LogP contribution in [0.3, 0.4) is 0 Å². The fraction of sp³-hybridized carbons (Fsp3) is 0.192. The Morgan fingerprint density at radius 3 is 2.47 bits per heavy atom. The van der Waals surface area contributed by atoms with E-state index >= 15 is 0 Å². The molecule has 2 aromatic carbocycles. The van der Waals surface area contributed by atoms with Crippen molar-refractivity contribution in [2.75, 3.05) is 12.4 Å². The first kappa shape index (κ1) is 22.7. The highest BCUT2D eigenvalue weighted by atomic mass is 16.5. The minimum absolute atomic E-state index is 0.00688. The number of hydrogen-bond acceptors (Lipinski definition) is 4. The van der Waals surface area contributed by atoms with Crippen LogP contribution in [0, 0.1) is 0 Å². The van der Waals surface area contributed by atoms with Gasteiger partial charge in [-0.2, -0.15) is 0 Å². The Balaban J connectivity index is 1.67. The van der Waals surface area contributed by atoms with Crippen LogP contribution >= 0.6 is 0 Å². The second kappa shape index (κ2) is 9.92. The average Bonchev–Trinajstić information content (AvgIpc) is 2.77. The monoisotopic (exact) mass is 429 g/mol. The topological polar surface area (TPSA) is 80.3 Å². The molecule has 0 fully saturated rings. The van der Waals surface area contributed by atoms with Crippen LogP contribution < -0.4 is 15.4 Å². The van der Waals surface area contributed by atoms with Gasteiger partial charge in [0, 0.05) is 31.1 Å². The number of ether oxygens (including phenoxy) is 1. The average molecular weight is 430 g/mol. The second-order valence-electron chi connectivity index (χ2n) is 8.28. The number of aromatic nitrogens is 1. The summed E-state index contributed by atoms with van der Waals surface area (Å²) in [7, 11) is 1.55. The summed E-state index contributed by atoms with van der Waals surface area (Å²) in [6.45, 7) is 6.40. The molecule has 2 N–H and O–H groups in total. The highest BCUT2D eigenvalue weighted by Gasteiger charge is 2.14. The summed E-state index contributed by atoms with van der Waals surface area (Å²) in [5, 5.41) is 5.43. The highest BCUT2D eigenvalue weighted by Crippen LogP contribution is 2.25. The van der Waals surface area contributed by atoms with E-state index in [1.807, 2.05) is 36.4 Å². The molecule has 0 aliphatic rings. The first-order chi connectivity index (χ1) is 15.2. The molecule has 0 unspecified atom stereocenters. The number of nitrogens with zero attached hydrogens (tertiary/aromatic N) is 1. The Morgan fingerprint density at radius 1 is 0.969 bits per heavy atom. The lowest BCUT2D eigenvalue weighted by molar-refractivity contribution is -0.111. The van der Waals surface area contributed by atoms with Crippen LogP contribution in [-0.4, -0.2) is 23.8 Å². The lowest BCUT2D eigenvalue weighted by Gasteiger charge is -2.19. The van der Waals surface area contributed by atoms with Gasteiger partial charge < -0.3 is 15.4 Å². The number of pyridine rings is 1. The van der Waals surface area contributed by atoms with Crippen molar-refractivity contribution < 1.29 is 14.3 Å². The van der Waals surface area contributed by atoms with Gasteiger partial charge in [0.2, 0.25) is 5.91 Å². The van der Waals surface area contributed by atoms with E-state index in [0.29, 0.717) is 11.5 Å². The van der Waals surface area contributed by atoms with Gasteiger partial charge in [-0.25, -0.2) is 0 Å². The molecule has 3 rings (SSSR count). The van der Waals surface area contributed by atoms with Crippen molar-refractivity contribution in [1.29, 1.82) is 0 Å². The van der Waals surface area contributed by atoms with Gasteiger partial charge in [0.05, 0.1) is 0 Å². The summed E-state index contributed by atoms with van der Waals surface area (Å²) in [6.07, 6.45) is 4.72. The molecule has 0 radical (unpaired) electrons. The quantitative estimate of drug-likeness (QED) is 0.529. The number of anilines is 1. The first-order valence-corrected chi connectivity index (χ1v) is 10.3. The van der Waals surface area contributed by atoms with E-state index in [1.54, 1.807) is 31.3 Å². The molecule has 0 saturated carbocycles. The predicted octanol–water partition coefficient (Wildman–Crippen LogP) is 5.18. The number of rotatable bonds is 6. The summed E-state index contributed by atoms with van der Waals surface area (Å²) in [5.74, 6) is 0.577. The van der Waals surface area contributed by atoms with Crippen LogP contribution in [0.4, 0.5) is 5.69 Å². The molecule has 0 spiro atoms. The van der Waals surface area contributed by atoms with E-state index < -0.39 is 0 Å². The van der Waals surface area contributed by atoms with Gasteiger partial charge in [-0.05, 0) is 52.9 Å². The summed E-state index contributed by atoms with van der Waals surface area (Å²) in [4.78, 5) is 28.1. The third-order valence-corrected chi connectivity index (χ3v) is 4.71. The fourth-order valence-electron chi connectivity index (χ4n) is 2.96. The van der Waals surface area contributed by atoms with Crippen LogP contribution in [0.25, 0.3) is 6.08 Å². The molecule has 2 amide bonds. The third-order valence-electron chi connectivity index (χ3n) is 4.71. The largest absolute Gasteiger partial charge is 0.457 e. The number of hydrogen-bond donors (Lipinski definition) is 2. The molecule has 0 bridgehead atoms. The maximum absolute atomic E-state index is 12.4. The van der Waals surface area contributed by atoms with Gasteiger partial charge in [-0.1, -0.05) is 45.0 Å². The normalized spacial score (nSPS) is 11.2. The van der Waals surface area contributed by atoms with Gasteiger partial charge >= 0.3 is 0 Å². The van der Waals surface area contributed by atoms with E-state index in [0.717, 1.165) is 16.8 Å². The molecular formula is C26H27N3O3. The van der Waals surface area contributed by atoms with E-state index in [-0.39, 0.29) is 22.9 Å². The predicted molar refractivity (Wildman–Crippen MR) is 127 cm³/mol. The van der Waals surface area contributed by atoms with Crippen molar-refractivity contribution in [3.8, 4) is 11.5 Å². The molecule has 1 heterocycles. The van der Waals surface area contributed by atoms with Crippen LogP contribution in [0.5, 0.6) is 11.5 Å². The van der Waals surface area contributed by atoms with E-state index in [9.17, 15) is 9.59 Å². The zero-order valence-corrected chi connectivity index (χ0v) is 18.7. The smallest absolute Gasteiger partial charge is 0.269 e. The molecule has 6 heteroatoms. The standard InChI is InChI=1S/C26H27N3O3/c1-26(2,3)19-8-6-9-20(16-19)29-24(30)12-11-18-7-5-10-21(15-18)32-22-13-14-28-23(17-22)25(31)27-4/h5-17H,1-4H3,(H,27,31)(H,29,30)/b12-11+. The van der Waals surface area contributed by atoms with E-state index in [2.05, 4.69) is 42.5 Å². The summed E-state index contributed by atoms with van der Waals surface area (Å²) in [5.41, 5.74) is 3.00. The molecule has 0 aliphatic heterocycles. The maximum Gasteiger partial charge on any atom is 0.269 e. The molecule has 0 aliphatic carbocycles. The Kier molecular flexibility index (Phi) is 7.05. The number of carbonyl (C=O) groups is 2. The van der Waals surface area contributed by atoms with Crippen molar-refractivity contribution in [3.05, 3.63) is 89.8 Å². The van der Waals surface area contributed by atoms with Crippen molar-refractivity contribution in [3.63, 3.8) is 0 Å². The number of nitrogens with one attached hydrogen (secondary N) is 2. The summed E-state index contributed by atoms with van der Waals surface area (Å²) >= 11 is 0. The van der Waals surface area contributed by atoms with Gasteiger partial charge in [0.25, 0.3) is 5.91 Å². The minimum Gasteiger partial charge on any atom is -0.457 e. The van der Waals surface area contributed by atoms with Gasteiger partial charge in [-0.3, -0.25) is 14.6 Å². The molecular weight excluding hydrogens is 402 g/mol. The molecule has 1 aromatic heterocycles. The van der Waals surface area contributed by atoms with Gasteiger partial charge in [-0.15, -0.1) is 0 Å². The van der Waals surface area contributed by atoms with Crippen molar-refractivity contribution in [1.82, 2.24) is 10.3 Å². The van der Waals surface area contributed by atoms with Crippen molar-refractivity contribution in [2.45, 2.75) is 26.2 Å². The Bertz CT molecular complexity index is 1150. The number of benzene rings is 2. The second-order valence-corrected chi connectivity index (χ2v) is 8.28. The Morgan fingerprint density at radius 2 is 1.72 bits per heavy atom. The van der Waals surface area contributed by atoms with Crippen molar-refractivity contribution >= 4 is 23.6 Å². The molecule has 0 saturated heterocycles. The van der Waals surface area contributed by atoms with Gasteiger partial charge in [0.15, 0.2) is 0 Å². The van der Waals surface area contributed by atoms with E-state index in [4.69, 9.17) is 4.74 Å². The third kappa shape index (κ3) is 6.28. The van der Waals surface area contributed by atoms with Crippen LogP contribution in [0.2, 0.25) is 0 Å². The summed E-state index contributed by atoms with van der Waals surface area (Å²) in [6, 6.07) is 18.4. The molecule has 0 atom stereocenters. The van der Waals surface area contributed by atoms with Crippen LogP contribution in [0.1, 0.15) is 42.4 Å². The van der Waals surface area contributed by atoms with Crippen LogP contribution in [0.15, 0.2) is 72.9 Å². The highest BCUT2D eigenvalue weighted by molar-refractivity contribution is 6.02. The molecule has 3 aromatic rings. The first-order valence-electron chi connectivity index (χ1n) is 10.3.